The summed E-state index contributed by atoms with van der Waals surface area (Å²) in [6.07, 6.45) is 3.05. The van der Waals surface area contributed by atoms with Crippen LogP contribution in [0.15, 0.2) is 12.1 Å². The molecule has 1 aromatic carbocycles. The van der Waals surface area contributed by atoms with Crippen LogP contribution in [0.2, 0.25) is 0 Å². The molecule has 1 spiro atoms. The number of fused-ring (bicyclic) bond motifs is 2. The molecule has 0 atom stereocenters. The van der Waals surface area contributed by atoms with E-state index in [9.17, 15) is 18.4 Å². The van der Waals surface area contributed by atoms with Crippen LogP contribution in [0.5, 0.6) is 0 Å². The maximum absolute atomic E-state index is 14.5. The maximum Gasteiger partial charge on any atom is 0.409 e. The molecule has 0 saturated carbocycles. The summed E-state index contributed by atoms with van der Waals surface area (Å²) in [5.74, 6) is -1.47. The van der Waals surface area contributed by atoms with Gasteiger partial charge in [-0.1, -0.05) is 0 Å². The fourth-order valence-corrected chi connectivity index (χ4v) is 5.35. The van der Waals surface area contributed by atoms with Crippen molar-refractivity contribution in [3.63, 3.8) is 0 Å². The standard InChI is InChI=1S/C22H29F2N3O3/c1-3-30-21(29)26-8-4-17(5-9-26)25-10-6-22(7-11-25)14-27(15(2)28)20-18(22)12-16(23)13-19(20)24/h12-13,17H,3-11,14H2,1-2H3. The van der Waals surface area contributed by atoms with E-state index < -0.39 is 17.0 Å². The van der Waals surface area contributed by atoms with Gasteiger partial charge in [0.15, 0.2) is 0 Å². The van der Waals surface area contributed by atoms with Crippen molar-refractivity contribution in [2.45, 2.75) is 51.0 Å². The van der Waals surface area contributed by atoms with Crippen molar-refractivity contribution in [3.05, 3.63) is 29.3 Å². The predicted octanol–water partition coefficient (Wildman–Crippen LogP) is 3.29. The summed E-state index contributed by atoms with van der Waals surface area (Å²) in [5.41, 5.74) is 0.485. The zero-order chi connectivity index (χ0) is 21.5. The number of benzene rings is 1. The fraction of sp³-hybridized carbons (Fsp3) is 0.636. The minimum atomic E-state index is -0.661. The summed E-state index contributed by atoms with van der Waals surface area (Å²) >= 11 is 0. The number of hydrogen-bond donors (Lipinski definition) is 0. The lowest BCUT2D eigenvalue weighted by molar-refractivity contribution is -0.116. The van der Waals surface area contributed by atoms with Gasteiger partial charge in [0.2, 0.25) is 5.91 Å². The molecule has 0 radical (unpaired) electrons. The van der Waals surface area contributed by atoms with Crippen LogP contribution >= 0.6 is 0 Å². The maximum atomic E-state index is 14.5. The van der Waals surface area contributed by atoms with Gasteiger partial charge >= 0.3 is 6.09 Å². The largest absolute Gasteiger partial charge is 0.450 e. The summed E-state index contributed by atoms with van der Waals surface area (Å²) in [6, 6.07) is 2.66. The van der Waals surface area contributed by atoms with Gasteiger partial charge in [-0.05, 0) is 57.3 Å². The molecule has 3 heterocycles. The molecule has 0 aliphatic carbocycles. The second kappa shape index (κ2) is 8.13. The van der Waals surface area contributed by atoms with Crippen molar-refractivity contribution in [1.82, 2.24) is 9.80 Å². The minimum absolute atomic E-state index is 0.215. The second-order valence-electron chi connectivity index (χ2n) is 8.62. The highest BCUT2D eigenvalue weighted by molar-refractivity contribution is 5.95. The van der Waals surface area contributed by atoms with Gasteiger partial charge in [0, 0.05) is 44.1 Å². The lowest BCUT2D eigenvalue weighted by Gasteiger charge is -2.45. The highest BCUT2D eigenvalue weighted by Gasteiger charge is 2.48. The van der Waals surface area contributed by atoms with E-state index in [4.69, 9.17) is 4.74 Å². The molecule has 3 aliphatic rings. The third-order valence-corrected chi connectivity index (χ3v) is 6.97. The zero-order valence-corrected chi connectivity index (χ0v) is 17.6. The van der Waals surface area contributed by atoms with E-state index in [1.54, 1.807) is 11.8 Å². The monoisotopic (exact) mass is 421 g/mol. The Morgan fingerprint density at radius 1 is 1.13 bits per heavy atom. The van der Waals surface area contributed by atoms with Crippen molar-refractivity contribution >= 4 is 17.7 Å². The third-order valence-electron chi connectivity index (χ3n) is 6.97. The minimum Gasteiger partial charge on any atom is -0.450 e. The normalized spacial score (nSPS) is 21.7. The van der Waals surface area contributed by atoms with Crippen LogP contribution < -0.4 is 4.90 Å². The molecular weight excluding hydrogens is 392 g/mol. The van der Waals surface area contributed by atoms with Crippen molar-refractivity contribution in [3.8, 4) is 0 Å². The Bertz CT molecular complexity index is 831. The number of carbonyl (C=O) groups excluding carboxylic acids is 2. The van der Waals surface area contributed by atoms with Crippen molar-refractivity contribution in [1.29, 1.82) is 0 Å². The zero-order valence-electron chi connectivity index (χ0n) is 17.6. The van der Waals surface area contributed by atoms with E-state index in [1.807, 2.05) is 0 Å². The molecular formula is C22H29F2N3O3. The highest BCUT2D eigenvalue weighted by Crippen LogP contribution is 2.48. The molecule has 2 saturated heterocycles. The number of carbonyl (C=O) groups is 2. The summed E-state index contributed by atoms with van der Waals surface area (Å²) < 4.78 is 33.6. The van der Waals surface area contributed by atoms with Crippen LogP contribution in [-0.2, 0) is 14.9 Å². The molecule has 0 aromatic heterocycles. The van der Waals surface area contributed by atoms with Gasteiger partial charge in [-0.25, -0.2) is 13.6 Å². The number of anilines is 1. The van der Waals surface area contributed by atoms with Crippen molar-refractivity contribution in [2.75, 3.05) is 44.2 Å². The Kier molecular flexibility index (Phi) is 5.70. The Morgan fingerprint density at radius 2 is 1.80 bits per heavy atom. The number of amides is 2. The van der Waals surface area contributed by atoms with Crippen LogP contribution in [-0.4, -0.2) is 67.2 Å². The SMILES string of the molecule is CCOC(=O)N1CCC(N2CCC3(CC2)CN(C(C)=O)c2c(F)cc(F)cc23)CC1. The highest BCUT2D eigenvalue weighted by atomic mass is 19.1. The summed E-state index contributed by atoms with van der Waals surface area (Å²) in [5, 5.41) is 0. The number of rotatable bonds is 2. The molecule has 3 aliphatic heterocycles. The summed E-state index contributed by atoms with van der Waals surface area (Å²) in [4.78, 5) is 29.7. The Labute approximate surface area is 175 Å². The van der Waals surface area contributed by atoms with Crippen LogP contribution in [0.4, 0.5) is 19.3 Å². The van der Waals surface area contributed by atoms with Gasteiger partial charge < -0.3 is 19.4 Å². The summed E-state index contributed by atoms with van der Waals surface area (Å²) in [6.45, 7) is 7.02. The molecule has 2 fully saturated rings. The first-order valence-corrected chi connectivity index (χ1v) is 10.8. The van der Waals surface area contributed by atoms with Crippen LogP contribution in [0.1, 0.15) is 45.1 Å². The number of likely N-dealkylation sites (tertiary alicyclic amines) is 2. The van der Waals surface area contributed by atoms with E-state index in [2.05, 4.69) is 4.90 Å². The molecule has 0 unspecified atom stereocenters. The fourth-order valence-electron chi connectivity index (χ4n) is 5.35. The van der Waals surface area contributed by atoms with Crippen LogP contribution in [0.3, 0.4) is 0 Å². The molecule has 6 nitrogen and oxygen atoms in total. The number of nitrogens with zero attached hydrogens (tertiary/aromatic N) is 3. The lowest BCUT2D eigenvalue weighted by Crippen LogP contribution is -2.52. The molecule has 4 rings (SSSR count). The first-order chi connectivity index (χ1) is 14.3. The van der Waals surface area contributed by atoms with Crippen LogP contribution in [0.25, 0.3) is 0 Å². The number of ether oxygens (including phenoxy) is 1. The predicted molar refractivity (Wildman–Crippen MR) is 108 cm³/mol. The molecule has 2 amide bonds. The lowest BCUT2D eigenvalue weighted by atomic mass is 9.73. The number of piperidine rings is 2. The molecule has 8 heteroatoms. The molecule has 164 valence electrons. The van der Waals surface area contributed by atoms with Gasteiger partial charge in [0.05, 0.1) is 12.3 Å². The molecule has 0 bridgehead atoms. The quantitative estimate of drug-likeness (QED) is 0.736. The van der Waals surface area contributed by atoms with E-state index >= 15 is 0 Å². The Hall–Kier alpha value is -2.22. The smallest absolute Gasteiger partial charge is 0.409 e. The topological polar surface area (TPSA) is 53.1 Å². The van der Waals surface area contributed by atoms with Gasteiger partial charge in [0.1, 0.15) is 11.6 Å². The molecule has 1 aromatic rings. The number of hydrogen-bond acceptors (Lipinski definition) is 4. The first kappa shape index (κ1) is 21.0. The third kappa shape index (κ3) is 3.66. The van der Waals surface area contributed by atoms with Gasteiger partial charge in [-0.15, -0.1) is 0 Å². The van der Waals surface area contributed by atoms with E-state index in [0.717, 1.165) is 44.8 Å². The first-order valence-electron chi connectivity index (χ1n) is 10.8. The Balaban J connectivity index is 1.44. The van der Waals surface area contributed by atoms with E-state index in [0.29, 0.717) is 37.8 Å². The second-order valence-corrected chi connectivity index (χ2v) is 8.62. The molecule has 0 N–H and O–H groups in total. The summed E-state index contributed by atoms with van der Waals surface area (Å²) in [7, 11) is 0. The van der Waals surface area contributed by atoms with E-state index in [-0.39, 0.29) is 17.7 Å². The molecule has 30 heavy (non-hydrogen) atoms. The van der Waals surface area contributed by atoms with Gasteiger partial charge in [-0.2, -0.15) is 0 Å². The van der Waals surface area contributed by atoms with Gasteiger partial charge in [-0.3, -0.25) is 4.79 Å². The van der Waals surface area contributed by atoms with E-state index in [1.165, 1.54) is 17.9 Å². The Morgan fingerprint density at radius 3 is 2.40 bits per heavy atom. The van der Waals surface area contributed by atoms with Crippen LogP contribution in [0, 0.1) is 11.6 Å². The van der Waals surface area contributed by atoms with Crippen molar-refractivity contribution < 1.29 is 23.1 Å². The average molecular weight is 421 g/mol. The average Bonchev–Trinajstić information content (AvgIpc) is 3.03. The van der Waals surface area contributed by atoms with Gasteiger partial charge in [0.25, 0.3) is 0 Å². The van der Waals surface area contributed by atoms with Crippen molar-refractivity contribution in [2.24, 2.45) is 0 Å². The number of halogens is 2.